The molecule has 7 nitrogen and oxygen atoms in total. The molecule has 1 saturated heterocycles. The third-order valence-electron chi connectivity index (χ3n) is 4.42. The zero-order valence-electron chi connectivity index (χ0n) is 13.6. The topological polar surface area (TPSA) is 80.1 Å². The zero-order chi connectivity index (χ0) is 16.4. The van der Waals surface area contributed by atoms with E-state index in [4.69, 9.17) is 0 Å². The van der Waals surface area contributed by atoms with Gasteiger partial charge in [-0.15, -0.1) is 5.10 Å². The molecule has 1 N–H and O–H groups in total. The lowest BCUT2D eigenvalue weighted by Crippen LogP contribution is -2.38. The highest BCUT2D eigenvalue weighted by molar-refractivity contribution is 7.88. The van der Waals surface area contributed by atoms with Crippen LogP contribution in [0.15, 0.2) is 18.2 Å². The molecule has 0 unspecified atom stereocenters. The molecule has 1 aliphatic heterocycles. The Morgan fingerprint density at radius 1 is 1.35 bits per heavy atom. The molecule has 0 bridgehead atoms. The van der Waals surface area contributed by atoms with Gasteiger partial charge < -0.3 is 5.32 Å². The number of sulfonamides is 1. The van der Waals surface area contributed by atoms with Gasteiger partial charge in [0.25, 0.3) is 0 Å². The molecule has 1 aromatic carbocycles. The average Bonchev–Trinajstić information content (AvgIpc) is 2.88. The summed E-state index contributed by atoms with van der Waals surface area (Å²) in [4.78, 5) is 0. The first-order valence-corrected chi connectivity index (χ1v) is 9.72. The van der Waals surface area contributed by atoms with Crippen LogP contribution < -0.4 is 5.32 Å². The maximum absolute atomic E-state index is 12.2. The van der Waals surface area contributed by atoms with Gasteiger partial charge in [-0.25, -0.2) is 13.1 Å². The van der Waals surface area contributed by atoms with Gasteiger partial charge in [0.15, 0.2) is 0 Å². The Hall–Kier alpha value is -1.51. The zero-order valence-corrected chi connectivity index (χ0v) is 14.4. The quantitative estimate of drug-likeness (QED) is 0.870. The molecule has 2 aromatic rings. The van der Waals surface area contributed by atoms with Gasteiger partial charge in [-0.3, -0.25) is 0 Å². The number of hydrogen-bond acceptors (Lipinski definition) is 5. The van der Waals surface area contributed by atoms with Gasteiger partial charge in [0.05, 0.1) is 11.8 Å². The van der Waals surface area contributed by atoms with Crippen LogP contribution in [0.3, 0.4) is 0 Å². The second-order valence-corrected chi connectivity index (χ2v) is 8.27. The van der Waals surface area contributed by atoms with Crippen molar-refractivity contribution in [3.05, 3.63) is 23.8 Å². The third-order valence-corrected chi connectivity index (χ3v) is 5.64. The van der Waals surface area contributed by atoms with Gasteiger partial charge in [-0.05, 0) is 49.5 Å². The summed E-state index contributed by atoms with van der Waals surface area (Å²) >= 11 is 0. The molecule has 0 saturated carbocycles. The molecule has 0 aliphatic carbocycles. The van der Waals surface area contributed by atoms with Crippen molar-refractivity contribution in [3.63, 3.8) is 0 Å². The summed E-state index contributed by atoms with van der Waals surface area (Å²) in [7, 11) is -1.40. The van der Waals surface area contributed by atoms with E-state index in [1.165, 1.54) is 6.26 Å². The number of rotatable bonds is 5. The third kappa shape index (κ3) is 3.88. The van der Waals surface area contributed by atoms with Crippen LogP contribution in [-0.4, -0.2) is 53.6 Å². The smallest absolute Gasteiger partial charge is 0.211 e. The molecular formula is C15H23N5O2S. The number of nitrogens with zero attached hydrogens (tertiary/aromatic N) is 4. The minimum atomic E-state index is -3.24. The van der Waals surface area contributed by atoms with Crippen molar-refractivity contribution >= 4 is 21.1 Å². The van der Waals surface area contributed by atoms with E-state index in [9.17, 15) is 8.42 Å². The summed E-state index contributed by atoms with van der Waals surface area (Å²) in [5, 5.41) is 11.4. The van der Waals surface area contributed by atoms with Crippen molar-refractivity contribution in [3.8, 4) is 0 Å². The fourth-order valence-electron chi connectivity index (χ4n) is 3.05. The maximum Gasteiger partial charge on any atom is 0.211 e. The Bertz CT molecular complexity index is 780. The van der Waals surface area contributed by atoms with Crippen LogP contribution in [0, 0.1) is 5.92 Å². The highest BCUT2D eigenvalue weighted by atomic mass is 32.2. The number of hydrogen-bond donors (Lipinski definition) is 1. The second-order valence-electron chi connectivity index (χ2n) is 6.29. The number of piperidine rings is 1. The molecule has 1 aliphatic rings. The lowest BCUT2D eigenvalue weighted by atomic mass is 9.98. The van der Waals surface area contributed by atoms with Gasteiger partial charge in [-0.1, -0.05) is 11.3 Å². The maximum atomic E-state index is 12.2. The lowest BCUT2D eigenvalue weighted by Gasteiger charge is -2.28. The molecule has 0 radical (unpaired) electrons. The number of aromatic nitrogens is 3. The van der Waals surface area contributed by atoms with Crippen LogP contribution in [0.1, 0.15) is 18.4 Å². The van der Waals surface area contributed by atoms with E-state index < -0.39 is 10.0 Å². The molecule has 126 valence electrons. The summed E-state index contributed by atoms with van der Waals surface area (Å²) in [6, 6.07) is 5.79. The largest absolute Gasteiger partial charge is 0.317 e. The van der Waals surface area contributed by atoms with E-state index in [0.717, 1.165) is 42.5 Å². The lowest BCUT2D eigenvalue weighted by molar-refractivity contribution is 0.285. The Balaban J connectivity index is 1.80. The van der Waals surface area contributed by atoms with Crippen molar-refractivity contribution in [2.45, 2.75) is 19.4 Å². The van der Waals surface area contributed by atoms with Crippen LogP contribution in [0.5, 0.6) is 0 Å². The summed E-state index contributed by atoms with van der Waals surface area (Å²) in [6.07, 6.45) is 3.34. The van der Waals surface area contributed by atoms with Crippen LogP contribution in [0.4, 0.5) is 0 Å². The van der Waals surface area contributed by atoms with E-state index in [-0.39, 0.29) is 0 Å². The Labute approximate surface area is 136 Å². The van der Waals surface area contributed by atoms with Crippen LogP contribution in [-0.2, 0) is 23.6 Å². The van der Waals surface area contributed by atoms with E-state index in [1.807, 2.05) is 25.2 Å². The number of nitrogens with one attached hydrogen (secondary N) is 1. The first-order chi connectivity index (χ1) is 10.9. The standard InChI is InChI=1S/C15H23N5O2S/c1-19-15-9-13(3-4-14(15)17-18-19)11-20(23(2,21)22)10-12-5-7-16-8-6-12/h3-4,9,12,16H,5-8,10-11H2,1-2H3. The number of benzene rings is 1. The summed E-state index contributed by atoms with van der Waals surface area (Å²) in [5.41, 5.74) is 2.69. The van der Waals surface area contributed by atoms with Gasteiger partial charge in [0.1, 0.15) is 5.52 Å². The summed E-state index contributed by atoms with van der Waals surface area (Å²) in [5.74, 6) is 0.424. The highest BCUT2D eigenvalue weighted by Gasteiger charge is 2.23. The fraction of sp³-hybridized carbons (Fsp3) is 0.600. The summed E-state index contributed by atoms with van der Waals surface area (Å²) in [6.45, 7) is 2.91. The number of fused-ring (bicyclic) bond motifs is 1. The molecule has 23 heavy (non-hydrogen) atoms. The van der Waals surface area contributed by atoms with Crippen molar-refractivity contribution in [1.82, 2.24) is 24.6 Å². The molecule has 0 amide bonds. The Morgan fingerprint density at radius 2 is 2.09 bits per heavy atom. The molecule has 8 heteroatoms. The van der Waals surface area contributed by atoms with E-state index >= 15 is 0 Å². The van der Waals surface area contributed by atoms with Gasteiger partial charge in [0, 0.05) is 20.1 Å². The fourth-order valence-corrected chi connectivity index (χ4v) is 3.91. The molecule has 0 spiro atoms. The highest BCUT2D eigenvalue weighted by Crippen LogP contribution is 2.19. The molecule has 1 aromatic heterocycles. The van der Waals surface area contributed by atoms with E-state index in [2.05, 4.69) is 15.6 Å². The van der Waals surface area contributed by atoms with Crippen molar-refractivity contribution in [2.24, 2.45) is 13.0 Å². The van der Waals surface area contributed by atoms with Gasteiger partial charge in [0.2, 0.25) is 10.0 Å². The van der Waals surface area contributed by atoms with Gasteiger partial charge >= 0.3 is 0 Å². The monoisotopic (exact) mass is 337 g/mol. The predicted molar refractivity (Wildman–Crippen MR) is 89.4 cm³/mol. The molecular weight excluding hydrogens is 314 g/mol. The SMILES string of the molecule is Cn1nnc2ccc(CN(CC3CCNCC3)S(C)(=O)=O)cc21. The van der Waals surface area contributed by atoms with Crippen molar-refractivity contribution < 1.29 is 8.42 Å². The molecule has 2 heterocycles. The number of aryl methyl sites for hydroxylation is 1. The van der Waals surface area contributed by atoms with Crippen LogP contribution in [0.25, 0.3) is 11.0 Å². The van der Waals surface area contributed by atoms with Crippen LogP contribution >= 0.6 is 0 Å². The van der Waals surface area contributed by atoms with E-state index in [1.54, 1.807) is 8.99 Å². The molecule has 1 fully saturated rings. The Kier molecular flexibility index (Phi) is 4.65. The average molecular weight is 337 g/mol. The predicted octanol–water partition coefficient (Wildman–Crippen LogP) is 0.730. The second kappa shape index (κ2) is 6.54. The minimum absolute atomic E-state index is 0.393. The molecule has 3 rings (SSSR count). The molecule has 0 atom stereocenters. The van der Waals surface area contributed by atoms with Crippen molar-refractivity contribution in [2.75, 3.05) is 25.9 Å². The van der Waals surface area contributed by atoms with Crippen LogP contribution in [0.2, 0.25) is 0 Å². The normalized spacial score (nSPS) is 17.2. The first-order valence-electron chi connectivity index (χ1n) is 7.87. The minimum Gasteiger partial charge on any atom is -0.317 e. The first kappa shape index (κ1) is 16.4. The summed E-state index contributed by atoms with van der Waals surface area (Å²) < 4.78 is 27.6. The Morgan fingerprint density at radius 3 is 2.78 bits per heavy atom. The van der Waals surface area contributed by atoms with Gasteiger partial charge in [-0.2, -0.15) is 4.31 Å². The van der Waals surface area contributed by atoms with E-state index in [0.29, 0.717) is 19.0 Å². The van der Waals surface area contributed by atoms with Crippen molar-refractivity contribution in [1.29, 1.82) is 0 Å².